The molecule has 0 unspecified atom stereocenters. The fourth-order valence-electron chi connectivity index (χ4n) is 3.16. The van der Waals surface area contributed by atoms with Crippen molar-refractivity contribution in [3.05, 3.63) is 52.5 Å². The van der Waals surface area contributed by atoms with Gasteiger partial charge in [-0.2, -0.15) is 0 Å². The maximum absolute atomic E-state index is 13.4. The first-order chi connectivity index (χ1) is 15.5. The first kappa shape index (κ1) is 26.5. The van der Waals surface area contributed by atoms with Gasteiger partial charge < -0.3 is 19.7 Å². The Hall–Kier alpha value is -2.79. The summed E-state index contributed by atoms with van der Waals surface area (Å²) in [6.07, 6.45) is 1.01. The van der Waals surface area contributed by atoms with E-state index in [0.717, 1.165) is 20.6 Å². The van der Waals surface area contributed by atoms with Gasteiger partial charge in [0.2, 0.25) is 21.8 Å². The highest BCUT2D eigenvalue weighted by molar-refractivity contribution is 9.10. The monoisotopic (exact) mass is 541 g/mol. The molecule has 180 valence electrons. The summed E-state index contributed by atoms with van der Waals surface area (Å²) in [4.78, 5) is 27.1. The first-order valence-electron chi connectivity index (χ1n) is 9.97. The topological polar surface area (TPSA) is 105 Å². The molecule has 0 saturated carbocycles. The van der Waals surface area contributed by atoms with Crippen molar-refractivity contribution in [1.29, 1.82) is 0 Å². The minimum atomic E-state index is -3.87. The summed E-state index contributed by atoms with van der Waals surface area (Å²) in [5, 5.41) is 2.54. The van der Waals surface area contributed by atoms with Crippen molar-refractivity contribution in [1.82, 2.24) is 10.2 Å². The van der Waals surface area contributed by atoms with E-state index in [2.05, 4.69) is 21.2 Å². The molecule has 33 heavy (non-hydrogen) atoms. The number of hydrogen-bond acceptors (Lipinski definition) is 6. The largest absolute Gasteiger partial charge is 0.497 e. The van der Waals surface area contributed by atoms with Gasteiger partial charge in [0.25, 0.3) is 0 Å². The summed E-state index contributed by atoms with van der Waals surface area (Å²) in [5.74, 6) is -0.211. The Kier molecular flexibility index (Phi) is 9.12. The van der Waals surface area contributed by atoms with Gasteiger partial charge in [-0.15, -0.1) is 0 Å². The van der Waals surface area contributed by atoms with Crippen LogP contribution in [0.1, 0.15) is 12.5 Å². The van der Waals surface area contributed by atoms with Gasteiger partial charge in [0.05, 0.1) is 26.2 Å². The quantitative estimate of drug-likeness (QED) is 0.495. The minimum Gasteiger partial charge on any atom is -0.497 e. The van der Waals surface area contributed by atoms with Crippen molar-refractivity contribution in [2.45, 2.75) is 19.5 Å². The number of likely N-dealkylation sites (N-methyl/N-ethyl adjacent to an activating group) is 1. The fraction of sp³-hybridized carbons (Fsp3) is 0.364. The highest BCUT2D eigenvalue weighted by atomic mass is 79.9. The molecule has 0 aliphatic heterocycles. The van der Waals surface area contributed by atoms with Gasteiger partial charge in [0.1, 0.15) is 24.1 Å². The van der Waals surface area contributed by atoms with E-state index in [1.807, 2.05) is 24.3 Å². The van der Waals surface area contributed by atoms with E-state index in [4.69, 9.17) is 9.47 Å². The van der Waals surface area contributed by atoms with Crippen molar-refractivity contribution < 1.29 is 27.5 Å². The van der Waals surface area contributed by atoms with Gasteiger partial charge >= 0.3 is 0 Å². The van der Waals surface area contributed by atoms with Crippen molar-refractivity contribution >= 4 is 43.5 Å². The zero-order valence-electron chi connectivity index (χ0n) is 19.2. The van der Waals surface area contributed by atoms with Gasteiger partial charge in [0.15, 0.2) is 0 Å². The first-order valence-corrected chi connectivity index (χ1v) is 12.6. The number of hydrogen-bond donors (Lipinski definition) is 1. The van der Waals surface area contributed by atoms with Crippen LogP contribution in [0.3, 0.4) is 0 Å². The summed E-state index contributed by atoms with van der Waals surface area (Å²) >= 11 is 3.37. The molecule has 0 heterocycles. The number of anilines is 1. The zero-order chi connectivity index (χ0) is 24.8. The van der Waals surface area contributed by atoms with Crippen LogP contribution in [0.15, 0.2) is 46.9 Å². The number of halogens is 1. The van der Waals surface area contributed by atoms with Crippen molar-refractivity contribution in [3.8, 4) is 11.5 Å². The molecule has 0 aliphatic rings. The smallest absolute Gasteiger partial charge is 0.244 e. The highest BCUT2D eigenvalue weighted by Gasteiger charge is 2.31. The molecule has 0 radical (unpaired) electrons. The summed E-state index contributed by atoms with van der Waals surface area (Å²) < 4.78 is 37.6. The van der Waals surface area contributed by atoms with Crippen LogP contribution in [0.25, 0.3) is 0 Å². The normalized spacial score (nSPS) is 11.9. The molecule has 0 saturated heterocycles. The third-order valence-electron chi connectivity index (χ3n) is 5.01. The molecule has 9 nitrogen and oxygen atoms in total. The number of nitrogens with one attached hydrogen (secondary N) is 1. The standard InChI is InChI=1S/C22H28BrN3O6S/c1-15(22(28)24-2)25(13-16-6-8-17(23)9-7-16)21(27)14-26(33(5,29)30)19-11-10-18(31-3)12-20(19)32-4/h6-12,15H,13-14H2,1-5H3,(H,24,28)/t15-/m1/s1. The number of methoxy groups -OCH3 is 2. The number of ether oxygens (including phenoxy) is 2. The maximum Gasteiger partial charge on any atom is 0.244 e. The number of amides is 2. The number of sulfonamides is 1. The molecule has 2 aromatic rings. The molecule has 1 atom stereocenters. The number of benzene rings is 2. The number of rotatable bonds is 10. The summed E-state index contributed by atoms with van der Waals surface area (Å²) in [7, 11) is 0.483. The molecule has 2 rings (SSSR count). The van der Waals surface area contributed by atoms with E-state index in [0.29, 0.717) is 5.75 Å². The Morgan fingerprint density at radius 3 is 2.24 bits per heavy atom. The van der Waals surface area contributed by atoms with E-state index in [1.54, 1.807) is 13.0 Å². The molecular formula is C22H28BrN3O6S. The molecule has 0 aliphatic carbocycles. The lowest BCUT2D eigenvalue weighted by molar-refractivity contribution is -0.139. The van der Waals surface area contributed by atoms with E-state index in [9.17, 15) is 18.0 Å². The lowest BCUT2D eigenvalue weighted by atomic mass is 10.1. The van der Waals surface area contributed by atoms with Crippen molar-refractivity contribution in [2.75, 3.05) is 38.4 Å². The Balaban J connectivity index is 2.44. The maximum atomic E-state index is 13.4. The molecule has 2 aromatic carbocycles. The van der Waals surface area contributed by atoms with Crippen molar-refractivity contribution in [2.24, 2.45) is 0 Å². The Morgan fingerprint density at radius 1 is 1.09 bits per heavy atom. The number of carbonyl (C=O) groups is 2. The van der Waals surface area contributed by atoms with Crippen LogP contribution >= 0.6 is 15.9 Å². The zero-order valence-corrected chi connectivity index (χ0v) is 21.6. The Bertz CT molecular complexity index is 1090. The number of nitrogens with zero attached hydrogens (tertiary/aromatic N) is 2. The fourth-order valence-corrected chi connectivity index (χ4v) is 4.28. The lowest BCUT2D eigenvalue weighted by Crippen LogP contribution is -2.50. The SMILES string of the molecule is CNC(=O)[C@@H](C)N(Cc1ccc(Br)cc1)C(=O)CN(c1ccc(OC)cc1OC)S(C)(=O)=O. The molecular weight excluding hydrogens is 514 g/mol. The Labute approximate surface area is 202 Å². The second-order valence-corrected chi connectivity index (χ2v) is 10.1. The average Bonchev–Trinajstić information content (AvgIpc) is 2.79. The van der Waals surface area contributed by atoms with Crippen molar-refractivity contribution in [3.63, 3.8) is 0 Å². The summed E-state index contributed by atoms with van der Waals surface area (Å²) in [5.41, 5.74) is 0.973. The number of carbonyl (C=O) groups excluding carboxylic acids is 2. The average molecular weight is 542 g/mol. The van der Waals surface area contributed by atoms with E-state index >= 15 is 0 Å². The summed E-state index contributed by atoms with van der Waals surface area (Å²) in [6.45, 7) is 1.20. The molecule has 0 spiro atoms. The molecule has 0 fully saturated rings. The van der Waals surface area contributed by atoms with E-state index in [-0.39, 0.29) is 23.9 Å². The minimum absolute atomic E-state index is 0.123. The van der Waals surface area contributed by atoms with E-state index in [1.165, 1.54) is 38.3 Å². The second-order valence-electron chi connectivity index (χ2n) is 7.25. The van der Waals surface area contributed by atoms with Crippen LogP contribution < -0.4 is 19.1 Å². The predicted octanol–water partition coefficient (Wildman–Crippen LogP) is 2.40. The lowest BCUT2D eigenvalue weighted by Gasteiger charge is -2.31. The van der Waals surface area contributed by atoms with Gasteiger partial charge in [0, 0.05) is 24.1 Å². The van der Waals surface area contributed by atoms with E-state index < -0.39 is 28.5 Å². The van der Waals surface area contributed by atoms with Crippen LogP contribution in [0.5, 0.6) is 11.5 Å². The molecule has 11 heteroatoms. The third kappa shape index (κ3) is 6.84. The van der Waals surface area contributed by atoms with Crippen LogP contribution in [-0.4, -0.2) is 65.2 Å². The van der Waals surface area contributed by atoms with Crippen LogP contribution in [0.4, 0.5) is 5.69 Å². The van der Waals surface area contributed by atoms with Gasteiger partial charge in [-0.1, -0.05) is 28.1 Å². The van der Waals surface area contributed by atoms with Gasteiger partial charge in [-0.3, -0.25) is 13.9 Å². The molecule has 1 N–H and O–H groups in total. The van der Waals surface area contributed by atoms with Gasteiger partial charge in [-0.25, -0.2) is 8.42 Å². The van der Waals surface area contributed by atoms with Crippen LogP contribution in [0.2, 0.25) is 0 Å². The molecule has 2 amide bonds. The predicted molar refractivity (Wildman–Crippen MR) is 130 cm³/mol. The second kappa shape index (κ2) is 11.4. The summed E-state index contributed by atoms with van der Waals surface area (Å²) in [6, 6.07) is 11.1. The van der Waals surface area contributed by atoms with Crippen LogP contribution in [0, 0.1) is 0 Å². The highest BCUT2D eigenvalue weighted by Crippen LogP contribution is 2.33. The molecule has 0 bridgehead atoms. The van der Waals surface area contributed by atoms with Gasteiger partial charge in [-0.05, 0) is 36.8 Å². The van der Waals surface area contributed by atoms with Crippen LogP contribution in [-0.2, 0) is 26.2 Å². The molecule has 0 aromatic heterocycles. The Morgan fingerprint density at radius 2 is 1.73 bits per heavy atom. The third-order valence-corrected chi connectivity index (χ3v) is 6.67.